The summed E-state index contributed by atoms with van der Waals surface area (Å²) in [5.74, 6) is -1.37. The summed E-state index contributed by atoms with van der Waals surface area (Å²) in [5, 5.41) is 2.56. The fourth-order valence-electron chi connectivity index (χ4n) is 2.60. The van der Waals surface area contributed by atoms with E-state index in [-0.39, 0.29) is 17.0 Å². The molecule has 1 atom stereocenters. The van der Waals surface area contributed by atoms with Gasteiger partial charge in [-0.3, -0.25) is 14.3 Å². The van der Waals surface area contributed by atoms with Crippen molar-refractivity contribution in [2.75, 3.05) is 5.32 Å². The fourth-order valence-corrected chi connectivity index (χ4v) is 2.60. The lowest BCUT2D eigenvalue weighted by atomic mass is 10.3. The number of rotatable bonds is 5. The first kappa shape index (κ1) is 18.2. The predicted molar refractivity (Wildman–Crippen MR) is 98.0 cm³/mol. The normalized spacial score (nSPS) is 11.8. The number of furan rings is 1. The van der Waals surface area contributed by atoms with Gasteiger partial charge in [0.15, 0.2) is 6.10 Å². The average molecular weight is 369 g/mol. The third-order valence-electron chi connectivity index (χ3n) is 4.18. The Hall–Kier alpha value is -3.55. The van der Waals surface area contributed by atoms with E-state index in [1.165, 1.54) is 23.9 Å². The molecule has 0 aliphatic carbocycles. The monoisotopic (exact) mass is 369 g/mol. The Kier molecular flexibility index (Phi) is 4.98. The predicted octanol–water partition coefficient (Wildman–Crippen LogP) is 2.26. The maximum Gasteiger partial charge on any atom is 0.374 e. The summed E-state index contributed by atoms with van der Waals surface area (Å²) < 4.78 is 13.1. The van der Waals surface area contributed by atoms with Crippen molar-refractivity contribution in [2.24, 2.45) is 7.05 Å². The third-order valence-corrected chi connectivity index (χ3v) is 4.18. The summed E-state index contributed by atoms with van der Waals surface area (Å²) in [5.41, 5.74) is 0.999. The number of aromatic nitrogens is 2. The lowest BCUT2D eigenvalue weighted by Gasteiger charge is -2.12. The summed E-state index contributed by atoms with van der Waals surface area (Å²) in [6, 6.07) is 12.0. The van der Waals surface area contributed by atoms with Crippen molar-refractivity contribution in [1.29, 1.82) is 0 Å². The molecule has 0 aliphatic heterocycles. The fraction of sp³-hybridized carbons (Fsp3) is 0.211. The van der Waals surface area contributed by atoms with E-state index < -0.39 is 18.0 Å². The molecule has 3 aromatic rings. The lowest BCUT2D eigenvalue weighted by molar-refractivity contribution is -0.123. The van der Waals surface area contributed by atoms with Crippen molar-refractivity contribution in [3.05, 3.63) is 70.5 Å². The molecule has 27 heavy (non-hydrogen) atoms. The van der Waals surface area contributed by atoms with Gasteiger partial charge in [0.1, 0.15) is 5.69 Å². The Morgan fingerprint density at radius 1 is 1.15 bits per heavy atom. The second-order valence-corrected chi connectivity index (χ2v) is 5.95. The Morgan fingerprint density at radius 2 is 1.85 bits per heavy atom. The summed E-state index contributed by atoms with van der Waals surface area (Å²) >= 11 is 0. The number of anilines is 1. The molecule has 1 amide bonds. The minimum atomic E-state index is -1.10. The molecule has 1 N–H and O–H groups in total. The van der Waals surface area contributed by atoms with Gasteiger partial charge in [-0.15, -0.1) is 0 Å². The number of amides is 1. The van der Waals surface area contributed by atoms with E-state index in [1.54, 1.807) is 36.9 Å². The first-order valence-corrected chi connectivity index (χ1v) is 8.29. The van der Waals surface area contributed by atoms with Crippen LogP contribution in [0.4, 0.5) is 5.69 Å². The highest BCUT2D eigenvalue weighted by Gasteiger charge is 2.24. The quantitative estimate of drug-likeness (QED) is 0.696. The molecule has 0 bridgehead atoms. The van der Waals surface area contributed by atoms with Crippen LogP contribution in [0.25, 0.3) is 5.69 Å². The molecule has 3 rings (SSSR count). The molecule has 0 saturated carbocycles. The highest BCUT2D eigenvalue weighted by molar-refractivity contribution is 5.96. The number of nitrogens with one attached hydrogen (secondary N) is 1. The summed E-state index contributed by atoms with van der Waals surface area (Å²) in [7, 11) is 1.72. The van der Waals surface area contributed by atoms with Crippen LogP contribution in [0.15, 0.2) is 57.9 Å². The van der Waals surface area contributed by atoms with Gasteiger partial charge in [0, 0.05) is 7.05 Å². The van der Waals surface area contributed by atoms with E-state index in [1.807, 2.05) is 18.2 Å². The molecule has 0 unspecified atom stereocenters. The third kappa shape index (κ3) is 3.55. The molecule has 140 valence electrons. The second-order valence-electron chi connectivity index (χ2n) is 5.95. The Bertz CT molecular complexity index is 1020. The van der Waals surface area contributed by atoms with E-state index in [2.05, 4.69) is 5.32 Å². The summed E-state index contributed by atoms with van der Waals surface area (Å²) in [6.45, 7) is 3.14. The molecule has 2 heterocycles. The van der Waals surface area contributed by atoms with Gasteiger partial charge < -0.3 is 14.5 Å². The van der Waals surface area contributed by atoms with Crippen molar-refractivity contribution in [3.63, 3.8) is 0 Å². The topological polar surface area (TPSA) is 95.5 Å². The number of hydrogen-bond acceptors (Lipinski definition) is 5. The Labute approximate surface area is 154 Å². The average Bonchev–Trinajstić information content (AvgIpc) is 3.26. The van der Waals surface area contributed by atoms with Gasteiger partial charge >= 0.3 is 5.97 Å². The molecular formula is C19H19N3O5. The van der Waals surface area contributed by atoms with Crippen LogP contribution in [0.5, 0.6) is 0 Å². The number of para-hydroxylation sites is 1. The number of ether oxygens (including phenoxy) is 1. The number of benzene rings is 1. The van der Waals surface area contributed by atoms with E-state index in [0.717, 1.165) is 0 Å². The highest BCUT2D eigenvalue weighted by atomic mass is 16.6. The molecular weight excluding hydrogens is 350 g/mol. The molecule has 8 nitrogen and oxygen atoms in total. The van der Waals surface area contributed by atoms with Crippen molar-refractivity contribution in [3.8, 4) is 5.69 Å². The molecule has 1 aromatic carbocycles. The maximum absolute atomic E-state index is 12.8. The molecule has 0 spiro atoms. The summed E-state index contributed by atoms with van der Waals surface area (Å²) in [4.78, 5) is 37.1. The van der Waals surface area contributed by atoms with Crippen LogP contribution in [0, 0.1) is 6.92 Å². The lowest BCUT2D eigenvalue weighted by Crippen LogP contribution is -2.32. The van der Waals surface area contributed by atoms with E-state index in [4.69, 9.17) is 9.15 Å². The molecule has 2 aromatic heterocycles. The van der Waals surface area contributed by atoms with Crippen LogP contribution in [0.1, 0.15) is 23.2 Å². The van der Waals surface area contributed by atoms with E-state index in [0.29, 0.717) is 11.4 Å². The maximum atomic E-state index is 12.8. The molecule has 0 radical (unpaired) electrons. The van der Waals surface area contributed by atoms with Crippen LogP contribution in [0.3, 0.4) is 0 Å². The van der Waals surface area contributed by atoms with Crippen LogP contribution in [0.2, 0.25) is 0 Å². The SMILES string of the molecule is Cc1c(NC(=O)[C@@H](C)OC(=O)c2ccco2)c(=O)n(-c2ccccc2)n1C. The van der Waals surface area contributed by atoms with Crippen molar-refractivity contribution in [1.82, 2.24) is 9.36 Å². The number of carbonyl (C=O) groups is 2. The van der Waals surface area contributed by atoms with Crippen LogP contribution in [-0.4, -0.2) is 27.3 Å². The van der Waals surface area contributed by atoms with Crippen LogP contribution >= 0.6 is 0 Å². The van der Waals surface area contributed by atoms with Gasteiger partial charge in [-0.25, -0.2) is 9.48 Å². The van der Waals surface area contributed by atoms with Gasteiger partial charge in [-0.05, 0) is 38.1 Å². The minimum absolute atomic E-state index is 0.00280. The number of carbonyl (C=O) groups excluding carboxylic acids is 2. The smallest absolute Gasteiger partial charge is 0.374 e. The van der Waals surface area contributed by atoms with Crippen LogP contribution in [-0.2, 0) is 16.6 Å². The number of nitrogens with zero attached hydrogens (tertiary/aromatic N) is 2. The second kappa shape index (κ2) is 7.36. The van der Waals surface area contributed by atoms with Crippen molar-refractivity contribution >= 4 is 17.6 Å². The zero-order valence-corrected chi connectivity index (χ0v) is 15.1. The molecule has 0 fully saturated rings. The largest absolute Gasteiger partial charge is 0.457 e. The Balaban J connectivity index is 1.80. The zero-order valence-electron chi connectivity index (χ0n) is 15.1. The van der Waals surface area contributed by atoms with E-state index >= 15 is 0 Å². The Morgan fingerprint density at radius 3 is 2.48 bits per heavy atom. The van der Waals surface area contributed by atoms with Gasteiger partial charge in [-0.1, -0.05) is 18.2 Å². The number of esters is 1. The number of hydrogen-bond donors (Lipinski definition) is 1. The molecule has 0 aliphatic rings. The van der Waals surface area contributed by atoms with Gasteiger partial charge in [0.2, 0.25) is 5.76 Å². The van der Waals surface area contributed by atoms with Gasteiger partial charge in [0.25, 0.3) is 11.5 Å². The van der Waals surface area contributed by atoms with Gasteiger partial charge in [0.05, 0.1) is 17.6 Å². The minimum Gasteiger partial charge on any atom is -0.457 e. The van der Waals surface area contributed by atoms with Gasteiger partial charge in [-0.2, -0.15) is 0 Å². The molecule has 0 saturated heterocycles. The standard InChI is InChI=1S/C19H19N3O5/c1-12-16(18(24)22(21(12)3)14-8-5-4-6-9-14)20-17(23)13(2)27-19(25)15-10-7-11-26-15/h4-11,13H,1-3H3,(H,20,23)/t13-/m1/s1. The first-order chi connectivity index (χ1) is 12.9. The molecule has 8 heteroatoms. The zero-order chi connectivity index (χ0) is 19.6. The summed E-state index contributed by atoms with van der Waals surface area (Å²) in [6.07, 6.45) is 0.229. The van der Waals surface area contributed by atoms with Crippen molar-refractivity contribution < 1.29 is 18.7 Å². The van der Waals surface area contributed by atoms with Crippen LogP contribution < -0.4 is 10.9 Å². The highest BCUT2D eigenvalue weighted by Crippen LogP contribution is 2.15. The first-order valence-electron chi connectivity index (χ1n) is 8.29. The van der Waals surface area contributed by atoms with E-state index in [9.17, 15) is 14.4 Å². The van der Waals surface area contributed by atoms with Crippen molar-refractivity contribution in [2.45, 2.75) is 20.0 Å².